The first-order valence-corrected chi connectivity index (χ1v) is 15.7. The molecule has 0 atom stereocenters. The Labute approximate surface area is 313 Å². The SMILES string of the molecule is [2H]C([2H])([2H])c1c[c-]c(-c2ccc(C([2H])([2H])[2H])cn2)cc1.[2H]C([2H])(c1ccc(-c2ccc(-c3[c-]ccc4c3oc3ccc5ccccc5c34)nc2)cc1)C(C)(C)C.[Ir]. The molecule has 245 valence electrons. The summed E-state index contributed by atoms with van der Waals surface area (Å²) in [4.78, 5) is 8.83. The molecule has 1 radical (unpaired) electrons. The number of fused-ring (bicyclic) bond motifs is 5. The topological polar surface area (TPSA) is 38.9 Å². The summed E-state index contributed by atoms with van der Waals surface area (Å²) in [6, 6.07) is 42.0. The molecule has 0 saturated heterocycles. The molecule has 8 rings (SSSR count). The predicted octanol–water partition coefficient (Wildman–Crippen LogP) is 12.0. The van der Waals surface area contributed by atoms with E-state index >= 15 is 0 Å². The molecular weight excluding hydrogens is 777 g/mol. The van der Waals surface area contributed by atoms with Gasteiger partial charge >= 0.3 is 0 Å². The van der Waals surface area contributed by atoms with Gasteiger partial charge in [-0.1, -0.05) is 117 Å². The molecule has 4 heteroatoms. The first-order chi connectivity index (χ1) is 26.4. The van der Waals surface area contributed by atoms with Crippen LogP contribution < -0.4 is 0 Å². The van der Waals surface area contributed by atoms with Crippen LogP contribution in [0.5, 0.6) is 0 Å². The third-order valence-corrected chi connectivity index (χ3v) is 7.93. The minimum atomic E-state index is -2.18. The van der Waals surface area contributed by atoms with Crippen LogP contribution in [0.1, 0.15) is 48.4 Å². The first kappa shape index (κ1) is 25.1. The fourth-order valence-corrected chi connectivity index (χ4v) is 5.73. The second kappa shape index (κ2) is 14.3. The monoisotopic (exact) mass is 823 g/mol. The molecular formula is C45H38IrN2O-2. The molecule has 3 heterocycles. The Kier molecular flexibility index (Phi) is 7.34. The van der Waals surface area contributed by atoms with Gasteiger partial charge < -0.3 is 14.4 Å². The Morgan fingerprint density at radius 3 is 2.16 bits per heavy atom. The maximum absolute atomic E-state index is 8.51. The minimum Gasteiger partial charge on any atom is -0.501 e. The van der Waals surface area contributed by atoms with Gasteiger partial charge in [-0.15, -0.1) is 53.6 Å². The Bertz CT molecular complexity index is 2590. The van der Waals surface area contributed by atoms with Gasteiger partial charge in [0.2, 0.25) is 0 Å². The van der Waals surface area contributed by atoms with E-state index in [2.05, 4.69) is 53.5 Å². The second-order valence-corrected chi connectivity index (χ2v) is 12.7. The van der Waals surface area contributed by atoms with Crippen LogP contribution in [0.3, 0.4) is 0 Å². The Balaban J connectivity index is 0.000000223. The van der Waals surface area contributed by atoms with Crippen LogP contribution in [0.25, 0.3) is 66.4 Å². The summed E-state index contributed by atoms with van der Waals surface area (Å²) in [5, 5.41) is 4.54. The van der Waals surface area contributed by atoms with E-state index in [1.54, 1.807) is 12.1 Å². The van der Waals surface area contributed by atoms with Crippen molar-refractivity contribution in [2.45, 2.75) is 40.8 Å². The van der Waals surface area contributed by atoms with Crippen molar-refractivity contribution in [3.8, 4) is 33.6 Å². The molecule has 0 aliphatic heterocycles. The van der Waals surface area contributed by atoms with E-state index in [1.807, 2.05) is 75.5 Å². The molecule has 0 bridgehead atoms. The molecule has 0 unspecified atom stereocenters. The smallest absolute Gasteiger partial charge is 0.121 e. The van der Waals surface area contributed by atoms with E-state index in [0.717, 1.165) is 44.3 Å². The molecule has 0 N–H and O–H groups in total. The fourth-order valence-electron chi connectivity index (χ4n) is 5.73. The molecule has 0 amide bonds. The quantitative estimate of drug-likeness (QED) is 0.166. The van der Waals surface area contributed by atoms with Gasteiger partial charge in [0.15, 0.2) is 0 Å². The van der Waals surface area contributed by atoms with E-state index < -0.39 is 25.5 Å². The van der Waals surface area contributed by atoms with Crippen molar-refractivity contribution in [2.24, 2.45) is 5.41 Å². The van der Waals surface area contributed by atoms with Crippen molar-refractivity contribution in [1.29, 1.82) is 0 Å². The number of rotatable bonds is 4. The maximum Gasteiger partial charge on any atom is 0.121 e. The molecule has 5 aromatic carbocycles. The van der Waals surface area contributed by atoms with Crippen molar-refractivity contribution in [1.82, 2.24) is 9.97 Å². The van der Waals surface area contributed by atoms with Crippen LogP contribution >= 0.6 is 0 Å². The van der Waals surface area contributed by atoms with Gasteiger partial charge in [-0.2, -0.15) is 0 Å². The zero-order valence-corrected chi connectivity index (χ0v) is 29.7. The van der Waals surface area contributed by atoms with Crippen molar-refractivity contribution in [3.63, 3.8) is 0 Å². The summed E-state index contributed by atoms with van der Waals surface area (Å²) < 4.78 is 67.0. The van der Waals surface area contributed by atoms with Gasteiger partial charge in [-0.05, 0) is 69.1 Å². The summed E-state index contributed by atoms with van der Waals surface area (Å²) in [6.45, 7) is 1.43. The van der Waals surface area contributed by atoms with E-state index in [-0.39, 0.29) is 31.2 Å². The number of aromatic nitrogens is 2. The van der Waals surface area contributed by atoms with Crippen LogP contribution in [-0.2, 0) is 26.5 Å². The summed E-state index contributed by atoms with van der Waals surface area (Å²) in [7, 11) is 0. The number of hydrogen-bond donors (Lipinski definition) is 0. The zero-order valence-electron chi connectivity index (χ0n) is 35.3. The van der Waals surface area contributed by atoms with Crippen molar-refractivity contribution < 1.29 is 35.5 Å². The molecule has 0 aliphatic rings. The molecule has 0 aliphatic carbocycles. The minimum absolute atomic E-state index is 0. The molecule has 49 heavy (non-hydrogen) atoms. The average Bonchev–Trinajstić information content (AvgIpc) is 3.57. The Morgan fingerprint density at radius 1 is 0.714 bits per heavy atom. The van der Waals surface area contributed by atoms with Gasteiger partial charge in [0.25, 0.3) is 0 Å². The normalized spacial score (nSPS) is 14.5. The van der Waals surface area contributed by atoms with E-state index in [0.29, 0.717) is 16.8 Å². The summed E-state index contributed by atoms with van der Waals surface area (Å²) in [5.41, 5.74) is 7.01. The number of pyridine rings is 2. The summed E-state index contributed by atoms with van der Waals surface area (Å²) >= 11 is 0. The zero-order chi connectivity index (χ0) is 40.0. The Hall–Kier alpha value is -4.89. The van der Waals surface area contributed by atoms with Crippen LogP contribution in [0.4, 0.5) is 0 Å². The maximum atomic E-state index is 8.51. The molecule has 0 saturated carbocycles. The Morgan fingerprint density at radius 2 is 1.47 bits per heavy atom. The number of furan rings is 1. The van der Waals surface area contributed by atoms with Crippen LogP contribution in [0, 0.1) is 31.3 Å². The number of nitrogens with zero attached hydrogens (tertiary/aromatic N) is 2. The summed E-state index contributed by atoms with van der Waals surface area (Å²) in [6.07, 6.45) is 1.74. The standard InChI is InChI=1S/C32H26NO.C13H12N.Ir/c1-32(2,3)19-21-11-13-22(14-12-21)24-15-17-28(33-20-24)26-9-6-10-27-30-25-8-5-4-7-23(25)16-18-29(30)34-31(26)27;1-10-3-6-12(7-4-10)13-8-5-11(2)9-14-13;/h4-8,10-18,20H,19H2,1-3H3;3-6,8-9H,1-2H3;/q2*-1;/i19D2;1D3,2D3;. The van der Waals surface area contributed by atoms with Gasteiger partial charge in [-0.25, -0.2) is 0 Å². The van der Waals surface area contributed by atoms with Crippen molar-refractivity contribution >= 4 is 32.7 Å². The van der Waals surface area contributed by atoms with Crippen molar-refractivity contribution in [3.05, 3.63) is 156 Å². The fraction of sp³-hybridized carbons (Fsp3) is 0.156. The summed E-state index contributed by atoms with van der Waals surface area (Å²) in [5.74, 6) is 0. The largest absolute Gasteiger partial charge is 0.501 e. The van der Waals surface area contributed by atoms with Gasteiger partial charge in [-0.3, -0.25) is 0 Å². The number of aryl methyl sites for hydroxylation is 2. The van der Waals surface area contributed by atoms with Crippen LogP contribution in [-0.4, -0.2) is 9.97 Å². The molecule has 0 fully saturated rings. The molecule has 0 spiro atoms. The first-order valence-electron chi connectivity index (χ1n) is 19.7. The molecule has 8 aromatic rings. The predicted molar refractivity (Wildman–Crippen MR) is 200 cm³/mol. The third kappa shape index (κ3) is 7.57. The average molecular weight is 823 g/mol. The van der Waals surface area contributed by atoms with E-state index in [1.165, 1.54) is 35.2 Å². The van der Waals surface area contributed by atoms with Crippen LogP contribution in [0.2, 0.25) is 0 Å². The van der Waals surface area contributed by atoms with Gasteiger partial charge in [0.05, 0.1) is 5.58 Å². The van der Waals surface area contributed by atoms with Crippen molar-refractivity contribution in [2.75, 3.05) is 0 Å². The molecule has 3 aromatic heterocycles. The number of benzene rings is 5. The second-order valence-electron chi connectivity index (χ2n) is 12.7. The van der Waals surface area contributed by atoms with Crippen LogP contribution in [0.15, 0.2) is 132 Å². The number of hydrogen-bond acceptors (Lipinski definition) is 3. The van der Waals surface area contributed by atoms with Gasteiger partial charge in [0.1, 0.15) is 5.58 Å². The van der Waals surface area contributed by atoms with Gasteiger partial charge in [0, 0.05) is 48.9 Å². The third-order valence-electron chi connectivity index (χ3n) is 7.93. The van der Waals surface area contributed by atoms with E-state index in [9.17, 15) is 0 Å². The molecule has 3 nitrogen and oxygen atoms in total. The van der Waals surface area contributed by atoms with E-state index in [4.69, 9.17) is 20.4 Å².